The van der Waals surface area contributed by atoms with E-state index >= 15 is 0 Å². The van der Waals surface area contributed by atoms with Crippen molar-refractivity contribution in [1.82, 2.24) is 9.78 Å². The van der Waals surface area contributed by atoms with Crippen LogP contribution in [0.25, 0.3) is 11.3 Å². The first kappa shape index (κ1) is 13.0. The molecule has 2 aromatic rings. The average molecular weight is 271 g/mol. The van der Waals surface area contributed by atoms with Crippen LogP contribution in [0.3, 0.4) is 0 Å². The maximum Gasteiger partial charge on any atom is 0.128 e. The van der Waals surface area contributed by atoms with Gasteiger partial charge in [0.25, 0.3) is 0 Å². The van der Waals surface area contributed by atoms with Crippen molar-refractivity contribution < 1.29 is 4.74 Å². The van der Waals surface area contributed by atoms with Crippen molar-refractivity contribution in [2.45, 2.75) is 32.1 Å². The molecule has 0 bridgehead atoms. The average Bonchev–Trinajstić information content (AvgIpc) is 2.66. The van der Waals surface area contributed by atoms with Crippen molar-refractivity contribution in [1.29, 1.82) is 0 Å². The second kappa shape index (κ2) is 5.19. The van der Waals surface area contributed by atoms with Crippen LogP contribution in [0.2, 0.25) is 0 Å². The predicted molar refractivity (Wildman–Crippen MR) is 80.9 cm³/mol. The van der Waals surface area contributed by atoms with Crippen LogP contribution in [0.5, 0.6) is 5.75 Å². The second-order valence-corrected chi connectivity index (χ2v) is 5.46. The van der Waals surface area contributed by atoms with Crippen molar-refractivity contribution >= 4 is 5.82 Å². The van der Waals surface area contributed by atoms with Crippen LogP contribution in [0.15, 0.2) is 18.2 Å². The molecule has 0 saturated heterocycles. The van der Waals surface area contributed by atoms with E-state index in [0.29, 0.717) is 5.82 Å². The zero-order valence-electron chi connectivity index (χ0n) is 12.1. The fraction of sp³-hybridized carbons (Fsp3) is 0.438. The number of hydrogen-bond donors (Lipinski definition) is 1. The van der Waals surface area contributed by atoms with Gasteiger partial charge in [-0.1, -0.05) is 6.42 Å². The Labute approximate surface area is 119 Å². The number of nitrogen functional groups attached to an aromatic ring is 1. The predicted octanol–water partition coefficient (Wildman–Crippen LogP) is 2.95. The number of nitrogens with two attached hydrogens (primary N) is 1. The lowest BCUT2D eigenvalue weighted by atomic mass is 9.97. The monoisotopic (exact) mass is 271 g/mol. The third kappa shape index (κ3) is 2.26. The Hall–Kier alpha value is -1.97. The zero-order valence-corrected chi connectivity index (χ0v) is 12.1. The van der Waals surface area contributed by atoms with Gasteiger partial charge in [0, 0.05) is 18.7 Å². The summed E-state index contributed by atoms with van der Waals surface area (Å²) in [6, 6.07) is 6.32. The Balaban J connectivity index is 2.11. The summed E-state index contributed by atoms with van der Waals surface area (Å²) in [4.78, 5) is 0. The molecule has 106 valence electrons. The van der Waals surface area contributed by atoms with Crippen molar-refractivity contribution in [2.24, 2.45) is 7.05 Å². The van der Waals surface area contributed by atoms with Gasteiger partial charge in [-0.3, -0.25) is 4.68 Å². The van der Waals surface area contributed by atoms with Crippen molar-refractivity contribution in [3.05, 3.63) is 29.3 Å². The van der Waals surface area contributed by atoms with Crippen LogP contribution >= 0.6 is 0 Å². The molecule has 3 rings (SSSR count). The van der Waals surface area contributed by atoms with Crippen LogP contribution in [0.1, 0.15) is 30.4 Å². The Morgan fingerprint density at radius 1 is 1.10 bits per heavy atom. The minimum Gasteiger partial charge on any atom is -0.496 e. The van der Waals surface area contributed by atoms with Gasteiger partial charge in [0.1, 0.15) is 11.6 Å². The minimum atomic E-state index is 0.664. The molecule has 4 nitrogen and oxygen atoms in total. The molecule has 1 aliphatic rings. The smallest absolute Gasteiger partial charge is 0.128 e. The van der Waals surface area contributed by atoms with Crippen LogP contribution < -0.4 is 10.5 Å². The van der Waals surface area contributed by atoms with Gasteiger partial charge in [-0.05, 0) is 48.9 Å². The molecule has 1 heterocycles. The maximum absolute atomic E-state index is 5.89. The van der Waals surface area contributed by atoms with Gasteiger partial charge >= 0.3 is 0 Å². The summed E-state index contributed by atoms with van der Waals surface area (Å²) in [5.41, 5.74) is 10.7. The first-order chi connectivity index (χ1) is 9.69. The summed E-state index contributed by atoms with van der Waals surface area (Å²) in [5.74, 6) is 1.56. The normalized spacial score (nSPS) is 14.7. The molecule has 1 aromatic heterocycles. The number of methoxy groups -OCH3 is 1. The molecule has 0 saturated carbocycles. The van der Waals surface area contributed by atoms with Crippen LogP contribution in [-0.4, -0.2) is 16.9 Å². The Morgan fingerprint density at radius 3 is 2.40 bits per heavy atom. The molecular weight excluding hydrogens is 250 g/mol. The molecule has 2 N–H and O–H groups in total. The number of fused-ring (bicyclic) bond motifs is 1. The zero-order chi connectivity index (χ0) is 14.1. The lowest BCUT2D eigenvalue weighted by Crippen LogP contribution is -1.98. The number of ether oxygens (including phenoxy) is 1. The fourth-order valence-electron chi connectivity index (χ4n) is 2.92. The van der Waals surface area contributed by atoms with E-state index in [0.717, 1.165) is 29.8 Å². The molecule has 0 amide bonds. The summed E-state index contributed by atoms with van der Waals surface area (Å²) in [6.45, 7) is 0. The number of aryl methyl sites for hydroxylation is 3. The Morgan fingerprint density at radius 2 is 1.80 bits per heavy atom. The summed E-state index contributed by atoms with van der Waals surface area (Å²) >= 11 is 0. The number of rotatable bonds is 2. The maximum atomic E-state index is 5.89. The van der Waals surface area contributed by atoms with E-state index in [1.165, 1.54) is 30.4 Å². The summed E-state index contributed by atoms with van der Waals surface area (Å²) in [6.07, 6.45) is 6.14. The first-order valence-electron chi connectivity index (χ1n) is 7.18. The number of nitrogens with zero attached hydrogens (tertiary/aromatic N) is 2. The van der Waals surface area contributed by atoms with E-state index in [1.54, 1.807) is 11.8 Å². The van der Waals surface area contributed by atoms with E-state index < -0.39 is 0 Å². The molecule has 20 heavy (non-hydrogen) atoms. The third-order valence-corrected chi connectivity index (χ3v) is 4.11. The molecule has 0 unspecified atom stereocenters. The number of hydrogen-bond acceptors (Lipinski definition) is 3. The van der Waals surface area contributed by atoms with E-state index in [1.807, 2.05) is 13.1 Å². The molecule has 0 radical (unpaired) electrons. The lowest BCUT2D eigenvalue weighted by Gasteiger charge is -2.12. The standard InChI is InChI=1S/C16H21N3O/c1-19-16(17)10-14(18-19)13-8-11-6-4-3-5-7-12(11)9-15(13)20-2/h8-10H,3-7,17H2,1-2H3. The molecule has 1 aromatic carbocycles. The van der Waals surface area contributed by atoms with Crippen LogP contribution in [0, 0.1) is 0 Å². The van der Waals surface area contributed by atoms with Gasteiger partial charge in [0.2, 0.25) is 0 Å². The minimum absolute atomic E-state index is 0.664. The highest BCUT2D eigenvalue weighted by Crippen LogP contribution is 2.35. The van der Waals surface area contributed by atoms with Gasteiger partial charge in [0.15, 0.2) is 0 Å². The van der Waals surface area contributed by atoms with Gasteiger partial charge in [-0.25, -0.2) is 0 Å². The lowest BCUT2D eigenvalue weighted by molar-refractivity contribution is 0.415. The molecule has 0 fully saturated rings. The molecule has 4 heteroatoms. The quantitative estimate of drug-likeness (QED) is 0.854. The Kier molecular flexibility index (Phi) is 3.38. The molecule has 0 atom stereocenters. The second-order valence-electron chi connectivity index (χ2n) is 5.46. The van der Waals surface area contributed by atoms with E-state index in [-0.39, 0.29) is 0 Å². The first-order valence-corrected chi connectivity index (χ1v) is 7.18. The summed E-state index contributed by atoms with van der Waals surface area (Å²) in [5, 5.41) is 4.47. The summed E-state index contributed by atoms with van der Waals surface area (Å²) < 4.78 is 7.26. The highest BCUT2D eigenvalue weighted by atomic mass is 16.5. The van der Waals surface area contributed by atoms with E-state index in [9.17, 15) is 0 Å². The van der Waals surface area contributed by atoms with E-state index in [4.69, 9.17) is 10.5 Å². The highest BCUT2D eigenvalue weighted by Gasteiger charge is 2.16. The highest BCUT2D eigenvalue weighted by molar-refractivity contribution is 5.71. The van der Waals surface area contributed by atoms with Crippen molar-refractivity contribution in [3.8, 4) is 17.0 Å². The number of aromatic nitrogens is 2. The van der Waals surface area contributed by atoms with Gasteiger partial charge in [-0.15, -0.1) is 0 Å². The summed E-state index contributed by atoms with van der Waals surface area (Å²) in [7, 11) is 3.57. The molecule has 0 spiro atoms. The number of anilines is 1. The van der Waals surface area contributed by atoms with Gasteiger partial charge in [-0.2, -0.15) is 5.10 Å². The number of benzene rings is 1. The van der Waals surface area contributed by atoms with E-state index in [2.05, 4.69) is 17.2 Å². The molecule has 0 aliphatic heterocycles. The van der Waals surface area contributed by atoms with Gasteiger partial charge in [0.05, 0.1) is 12.8 Å². The molecule has 1 aliphatic carbocycles. The SMILES string of the molecule is COc1cc2c(cc1-c1cc(N)n(C)n1)CCCCC2. The molecular formula is C16H21N3O. The van der Waals surface area contributed by atoms with Crippen molar-refractivity contribution in [3.63, 3.8) is 0 Å². The largest absolute Gasteiger partial charge is 0.496 e. The van der Waals surface area contributed by atoms with Crippen LogP contribution in [0.4, 0.5) is 5.82 Å². The fourth-order valence-corrected chi connectivity index (χ4v) is 2.92. The Bertz CT molecular complexity index is 611. The third-order valence-electron chi connectivity index (χ3n) is 4.11. The topological polar surface area (TPSA) is 53.1 Å². The van der Waals surface area contributed by atoms with Crippen molar-refractivity contribution in [2.75, 3.05) is 12.8 Å². The van der Waals surface area contributed by atoms with Gasteiger partial charge < -0.3 is 10.5 Å². The van der Waals surface area contributed by atoms with Crippen LogP contribution in [-0.2, 0) is 19.9 Å².